The van der Waals surface area contributed by atoms with Crippen LogP contribution in [0, 0.1) is 5.82 Å². The monoisotopic (exact) mass is 470 g/mol. The number of allylic oxidation sites excluding steroid dienone is 1. The Balaban J connectivity index is 1.72. The van der Waals surface area contributed by atoms with Crippen LogP contribution in [-0.4, -0.2) is 36.4 Å². The van der Waals surface area contributed by atoms with Gasteiger partial charge in [0.15, 0.2) is 11.7 Å². The molecule has 0 radical (unpaired) electrons. The summed E-state index contributed by atoms with van der Waals surface area (Å²) in [6, 6.07) is 12.2. The number of halogens is 1. The lowest BCUT2D eigenvalue weighted by Crippen LogP contribution is -2.45. The maximum atomic E-state index is 13.2. The molecule has 0 bridgehead atoms. The molecule has 0 saturated heterocycles. The van der Waals surface area contributed by atoms with Crippen LogP contribution in [0.1, 0.15) is 31.0 Å². The minimum Gasteiger partial charge on any atom is -0.483 e. The van der Waals surface area contributed by atoms with Crippen molar-refractivity contribution in [3.8, 4) is 5.75 Å². The number of hydrazone groups is 1. The predicted octanol–water partition coefficient (Wildman–Crippen LogP) is 2.71. The number of benzene rings is 2. The molecule has 1 aliphatic rings. The Hall–Kier alpha value is -3.79. The maximum absolute atomic E-state index is 13.2. The summed E-state index contributed by atoms with van der Waals surface area (Å²) in [7, 11) is 0. The zero-order valence-electron chi connectivity index (χ0n) is 18.1. The number of para-hydroxylation sites is 1. The van der Waals surface area contributed by atoms with Crippen LogP contribution in [0.4, 0.5) is 4.39 Å². The van der Waals surface area contributed by atoms with E-state index in [1.807, 2.05) is 0 Å². The molecule has 0 aliphatic carbocycles. The normalized spacial score (nSPS) is 15.6. The molecule has 1 aliphatic heterocycles. The summed E-state index contributed by atoms with van der Waals surface area (Å²) in [6.45, 7) is 3.36. The van der Waals surface area contributed by atoms with Crippen LogP contribution < -0.4 is 20.8 Å². The molecule has 3 N–H and O–H groups in total. The summed E-state index contributed by atoms with van der Waals surface area (Å²) in [6.07, 6.45) is 1.33. The van der Waals surface area contributed by atoms with Crippen LogP contribution in [0.15, 0.2) is 64.9 Å². The minimum atomic E-state index is -0.622. The molecule has 0 fully saturated rings. The predicted molar refractivity (Wildman–Crippen MR) is 125 cm³/mol. The van der Waals surface area contributed by atoms with Gasteiger partial charge in [-0.25, -0.2) is 14.6 Å². The van der Waals surface area contributed by atoms with E-state index in [0.29, 0.717) is 33.3 Å². The summed E-state index contributed by atoms with van der Waals surface area (Å²) >= 11 is 5.26. The zero-order valence-corrected chi connectivity index (χ0v) is 18.9. The van der Waals surface area contributed by atoms with E-state index in [1.165, 1.54) is 18.3 Å². The van der Waals surface area contributed by atoms with Gasteiger partial charge in [-0.2, -0.15) is 5.10 Å². The highest BCUT2D eigenvalue weighted by Gasteiger charge is 2.32. The number of carbonyl (C=O) groups excluding carboxylic acids is 2. The Bertz CT molecular complexity index is 1120. The number of nitrogens with zero attached hydrogens (tertiary/aromatic N) is 1. The van der Waals surface area contributed by atoms with Crippen LogP contribution in [-0.2, 0) is 14.3 Å². The van der Waals surface area contributed by atoms with Crippen LogP contribution in [0.3, 0.4) is 0 Å². The van der Waals surface area contributed by atoms with E-state index in [-0.39, 0.29) is 13.2 Å². The molecule has 1 amide bonds. The van der Waals surface area contributed by atoms with Crippen molar-refractivity contribution in [2.75, 3.05) is 13.2 Å². The van der Waals surface area contributed by atoms with Crippen molar-refractivity contribution in [3.63, 3.8) is 0 Å². The lowest BCUT2D eigenvalue weighted by atomic mass is 9.95. The zero-order chi connectivity index (χ0) is 23.8. The van der Waals surface area contributed by atoms with Crippen molar-refractivity contribution in [1.29, 1.82) is 0 Å². The Labute approximate surface area is 195 Å². The number of amides is 1. The summed E-state index contributed by atoms with van der Waals surface area (Å²) in [5.41, 5.74) is 4.38. The van der Waals surface area contributed by atoms with Gasteiger partial charge in [-0.15, -0.1) is 0 Å². The van der Waals surface area contributed by atoms with Crippen LogP contribution in [0.25, 0.3) is 0 Å². The molecule has 10 heteroatoms. The Morgan fingerprint density at radius 3 is 2.79 bits per heavy atom. The molecule has 3 rings (SSSR count). The first-order valence-electron chi connectivity index (χ1n) is 10.1. The number of hydrogen-bond acceptors (Lipinski definition) is 6. The summed E-state index contributed by atoms with van der Waals surface area (Å²) in [4.78, 5) is 24.8. The van der Waals surface area contributed by atoms with Gasteiger partial charge in [0.1, 0.15) is 11.6 Å². The number of thiocarbonyl (C=S) groups is 1. The fourth-order valence-electron chi connectivity index (χ4n) is 3.20. The van der Waals surface area contributed by atoms with E-state index in [2.05, 4.69) is 21.2 Å². The molecule has 0 unspecified atom stereocenters. The van der Waals surface area contributed by atoms with E-state index >= 15 is 0 Å². The van der Waals surface area contributed by atoms with E-state index in [9.17, 15) is 14.0 Å². The van der Waals surface area contributed by atoms with Crippen molar-refractivity contribution in [3.05, 3.63) is 76.7 Å². The molecule has 1 atom stereocenters. The van der Waals surface area contributed by atoms with Gasteiger partial charge in [-0.3, -0.25) is 4.79 Å². The molecule has 33 heavy (non-hydrogen) atoms. The number of ether oxygens (including phenoxy) is 2. The van der Waals surface area contributed by atoms with Gasteiger partial charge in [-0.05, 0) is 49.8 Å². The highest BCUT2D eigenvalue weighted by atomic mass is 32.1. The number of esters is 1. The van der Waals surface area contributed by atoms with Gasteiger partial charge in [0.2, 0.25) is 0 Å². The van der Waals surface area contributed by atoms with E-state index < -0.39 is 23.7 Å². The summed E-state index contributed by atoms with van der Waals surface area (Å²) in [5, 5.41) is 10.2. The Morgan fingerprint density at radius 2 is 2.03 bits per heavy atom. The third-order valence-corrected chi connectivity index (χ3v) is 4.82. The van der Waals surface area contributed by atoms with Gasteiger partial charge in [0.05, 0.1) is 24.4 Å². The standard InChI is InChI=1S/C23H23FN4O4S/c1-3-31-22(30)20-14(2)26-23(33)27-21(20)17-9-4-5-10-18(17)32-13-19(29)28-25-12-15-7-6-8-16(24)11-15/h4-12,21H,3,13H2,1-2H3,(H,28,29)(H2,26,27,33)/t21-/m0/s1. The van der Waals surface area contributed by atoms with Gasteiger partial charge in [-0.1, -0.05) is 30.3 Å². The first kappa shape index (κ1) is 23.9. The van der Waals surface area contributed by atoms with E-state index in [0.717, 1.165) is 0 Å². The quantitative estimate of drug-likeness (QED) is 0.236. The molecule has 172 valence electrons. The maximum Gasteiger partial charge on any atom is 0.338 e. The average Bonchev–Trinajstić information content (AvgIpc) is 2.77. The SMILES string of the molecule is CCOC(=O)C1=C(C)NC(=S)N[C@H]1c1ccccc1OCC(=O)NN=Cc1cccc(F)c1. The largest absolute Gasteiger partial charge is 0.483 e. The molecule has 2 aromatic carbocycles. The molecular formula is C23H23FN4O4S. The number of carbonyl (C=O) groups is 2. The van der Waals surface area contributed by atoms with Gasteiger partial charge >= 0.3 is 5.97 Å². The highest BCUT2D eigenvalue weighted by Crippen LogP contribution is 2.33. The van der Waals surface area contributed by atoms with Crippen LogP contribution in [0.2, 0.25) is 0 Å². The third kappa shape index (κ3) is 6.36. The second-order valence-electron chi connectivity index (χ2n) is 6.97. The molecule has 0 spiro atoms. The van der Waals surface area contributed by atoms with Gasteiger partial charge in [0, 0.05) is 11.3 Å². The summed E-state index contributed by atoms with van der Waals surface area (Å²) < 4.78 is 24.1. The lowest BCUT2D eigenvalue weighted by molar-refractivity contribution is -0.139. The third-order valence-electron chi connectivity index (χ3n) is 4.60. The molecular weight excluding hydrogens is 447 g/mol. The van der Waals surface area contributed by atoms with E-state index in [1.54, 1.807) is 50.2 Å². The topological polar surface area (TPSA) is 101 Å². The second-order valence-corrected chi connectivity index (χ2v) is 7.37. The molecule has 8 nitrogen and oxygen atoms in total. The number of nitrogens with one attached hydrogen (secondary N) is 3. The number of hydrogen-bond donors (Lipinski definition) is 3. The molecule has 2 aromatic rings. The Kier molecular flexibility index (Phi) is 8.09. The van der Waals surface area contributed by atoms with Gasteiger partial charge in [0.25, 0.3) is 5.91 Å². The fourth-order valence-corrected chi connectivity index (χ4v) is 3.47. The van der Waals surface area contributed by atoms with Crippen LogP contribution in [0.5, 0.6) is 5.75 Å². The highest BCUT2D eigenvalue weighted by molar-refractivity contribution is 7.80. The van der Waals surface area contributed by atoms with Crippen molar-refractivity contribution in [2.24, 2.45) is 5.10 Å². The lowest BCUT2D eigenvalue weighted by Gasteiger charge is -2.30. The number of rotatable bonds is 8. The summed E-state index contributed by atoms with van der Waals surface area (Å²) in [5.74, 6) is -1.01. The first-order valence-corrected chi connectivity index (χ1v) is 10.5. The molecule has 0 saturated carbocycles. The average molecular weight is 471 g/mol. The van der Waals surface area contributed by atoms with Crippen molar-refractivity contribution in [1.82, 2.24) is 16.1 Å². The van der Waals surface area contributed by atoms with Crippen LogP contribution >= 0.6 is 12.2 Å². The second kappa shape index (κ2) is 11.2. The minimum absolute atomic E-state index is 0.223. The molecule has 0 aromatic heterocycles. The fraction of sp³-hybridized carbons (Fsp3) is 0.217. The first-order chi connectivity index (χ1) is 15.9. The molecule has 1 heterocycles. The smallest absolute Gasteiger partial charge is 0.338 e. The van der Waals surface area contributed by atoms with E-state index in [4.69, 9.17) is 21.7 Å². The Morgan fingerprint density at radius 1 is 1.24 bits per heavy atom. The van der Waals surface area contributed by atoms with Gasteiger partial charge < -0.3 is 20.1 Å². The van der Waals surface area contributed by atoms with Crippen molar-refractivity contribution < 1.29 is 23.5 Å². The van der Waals surface area contributed by atoms with Crippen molar-refractivity contribution in [2.45, 2.75) is 19.9 Å². The van der Waals surface area contributed by atoms with Crippen molar-refractivity contribution >= 4 is 35.4 Å².